The minimum Gasteiger partial charge on any atom is -0.321 e. The molecule has 0 saturated heterocycles. The third kappa shape index (κ3) is 8.27. The van der Waals surface area contributed by atoms with E-state index in [1.165, 1.54) is 22.1 Å². The zero-order valence-corrected chi connectivity index (χ0v) is 28.4. The number of allylic oxidation sites excluding steroid dienone is 16. The van der Waals surface area contributed by atoms with Crippen LogP contribution in [-0.4, -0.2) is 9.97 Å². The molecule has 240 valence electrons. The van der Waals surface area contributed by atoms with Crippen molar-refractivity contribution in [3.8, 4) is 11.3 Å². The van der Waals surface area contributed by atoms with E-state index >= 15 is 0 Å². The predicted octanol–water partition coefficient (Wildman–Crippen LogP) is 12.3. The first-order chi connectivity index (χ1) is 24.0. The van der Waals surface area contributed by atoms with Crippen LogP contribution < -0.4 is 4.90 Å². The largest absolute Gasteiger partial charge is 0.321 e. The second-order valence-corrected chi connectivity index (χ2v) is 12.2. The highest BCUT2D eigenvalue weighted by Gasteiger charge is 2.08. The molecule has 3 nitrogen and oxygen atoms in total. The van der Waals surface area contributed by atoms with Gasteiger partial charge in [0.1, 0.15) is 0 Å². The Morgan fingerprint density at radius 1 is 0.714 bits per heavy atom. The third-order valence-electron chi connectivity index (χ3n) is 8.76. The Bertz CT molecular complexity index is 2230. The van der Waals surface area contributed by atoms with Crippen LogP contribution in [0.2, 0.25) is 0 Å². The molecule has 0 saturated carbocycles. The van der Waals surface area contributed by atoms with Crippen molar-refractivity contribution in [1.29, 1.82) is 0 Å². The minimum atomic E-state index is 0.889. The van der Waals surface area contributed by atoms with Crippen molar-refractivity contribution in [3.63, 3.8) is 0 Å². The number of pyridine rings is 2. The maximum atomic E-state index is 4.74. The summed E-state index contributed by atoms with van der Waals surface area (Å²) in [7, 11) is 0. The molecule has 49 heavy (non-hydrogen) atoms. The second kappa shape index (κ2) is 15.7. The molecule has 0 bridgehead atoms. The summed E-state index contributed by atoms with van der Waals surface area (Å²) in [6.45, 7) is 10.5. The topological polar surface area (TPSA) is 29.0 Å². The first-order valence-corrected chi connectivity index (χ1v) is 16.7. The lowest BCUT2D eigenvalue weighted by Crippen LogP contribution is -2.13. The van der Waals surface area contributed by atoms with Gasteiger partial charge < -0.3 is 4.90 Å². The van der Waals surface area contributed by atoms with Crippen LogP contribution in [0.3, 0.4) is 0 Å². The van der Waals surface area contributed by atoms with Crippen molar-refractivity contribution in [2.45, 2.75) is 27.2 Å². The Labute approximate surface area is 290 Å². The Morgan fingerprint density at radius 3 is 2.08 bits per heavy atom. The minimum absolute atomic E-state index is 0.889. The summed E-state index contributed by atoms with van der Waals surface area (Å²) in [6.07, 6.45) is 30.2. The average Bonchev–Trinajstić information content (AvgIpc) is 3.16. The average molecular weight is 636 g/mol. The number of fused-ring (bicyclic) bond motifs is 2. The van der Waals surface area contributed by atoms with Crippen molar-refractivity contribution >= 4 is 32.8 Å². The molecule has 0 amide bonds. The van der Waals surface area contributed by atoms with Gasteiger partial charge in [0.05, 0.1) is 11.4 Å². The van der Waals surface area contributed by atoms with Crippen molar-refractivity contribution in [2.24, 2.45) is 0 Å². The van der Waals surface area contributed by atoms with E-state index < -0.39 is 0 Å². The molecule has 0 atom stereocenters. The smallest absolute Gasteiger partial charge is 0.0708 e. The predicted molar refractivity (Wildman–Crippen MR) is 211 cm³/mol. The van der Waals surface area contributed by atoms with Crippen LogP contribution in [0, 0.1) is 0 Å². The molecule has 0 radical (unpaired) electrons. The first kappa shape index (κ1) is 32.9. The molecule has 5 aromatic rings. The van der Waals surface area contributed by atoms with Crippen molar-refractivity contribution in [2.75, 3.05) is 4.90 Å². The van der Waals surface area contributed by atoms with E-state index in [0.29, 0.717) is 0 Å². The van der Waals surface area contributed by atoms with Crippen LogP contribution in [-0.2, 0) is 0 Å². The number of rotatable bonds is 10. The van der Waals surface area contributed by atoms with Crippen LogP contribution in [0.15, 0.2) is 199 Å². The number of aromatic nitrogens is 2. The van der Waals surface area contributed by atoms with Crippen LogP contribution >= 0.6 is 0 Å². The Morgan fingerprint density at radius 2 is 1.39 bits per heavy atom. The Kier molecular flexibility index (Phi) is 10.5. The van der Waals surface area contributed by atoms with E-state index in [2.05, 4.69) is 166 Å². The molecule has 1 aliphatic carbocycles. The second-order valence-electron chi connectivity index (χ2n) is 12.2. The van der Waals surface area contributed by atoms with E-state index in [-0.39, 0.29) is 0 Å². The highest BCUT2D eigenvalue weighted by molar-refractivity contribution is 5.86. The summed E-state index contributed by atoms with van der Waals surface area (Å²) in [5.74, 6) is 0. The van der Waals surface area contributed by atoms with Crippen LogP contribution in [0.5, 0.6) is 0 Å². The maximum Gasteiger partial charge on any atom is 0.0708 e. The molecule has 3 aromatic carbocycles. The zero-order valence-electron chi connectivity index (χ0n) is 28.4. The molecule has 0 unspecified atom stereocenters. The fourth-order valence-electron chi connectivity index (χ4n) is 5.65. The number of hydrogen-bond acceptors (Lipinski definition) is 3. The molecule has 0 spiro atoms. The number of nitrogens with zero attached hydrogens (tertiary/aromatic N) is 3. The van der Waals surface area contributed by atoms with Gasteiger partial charge in [0.25, 0.3) is 0 Å². The highest BCUT2D eigenvalue weighted by atomic mass is 15.1. The van der Waals surface area contributed by atoms with Gasteiger partial charge in [-0.2, -0.15) is 0 Å². The summed E-state index contributed by atoms with van der Waals surface area (Å²) < 4.78 is 0. The van der Waals surface area contributed by atoms with Crippen molar-refractivity contribution < 1.29 is 0 Å². The number of anilines is 1. The normalized spacial score (nSPS) is 15.1. The van der Waals surface area contributed by atoms with Gasteiger partial charge in [-0.3, -0.25) is 9.97 Å². The monoisotopic (exact) mass is 635 g/mol. The molecule has 6 rings (SSSR count). The molecule has 0 fully saturated rings. The molecule has 2 heterocycles. The fraction of sp³-hybridized carbons (Fsp3) is 0.0870. The summed E-state index contributed by atoms with van der Waals surface area (Å²) >= 11 is 0. The zero-order chi connectivity index (χ0) is 34.0. The Balaban J connectivity index is 1.30. The molecule has 1 aliphatic rings. The molecule has 2 aromatic heterocycles. The lowest BCUT2D eigenvalue weighted by Gasteiger charge is -2.21. The summed E-state index contributed by atoms with van der Waals surface area (Å²) in [4.78, 5) is 11.6. The van der Waals surface area contributed by atoms with Gasteiger partial charge in [-0.15, -0.1) is 0 Å². The van der Waals surface area contributed by atoms with Gasteiger partial charge in [-0.1, -0.05) is 122 Å². The number of benzene rings is 3. The fourth-order valence-corrected chi connectivity index (χ4v) is 5.65. The van der Waals surface area contributed by atoms with Gasteiger partial charge in [-0.25, -0.2) is 0 Å². The van der Waals surface area contributed by atoms with E-state index in [9.17, 15) is 0 Å². The van der Waals surface area contributed by atoms with Crippen molar-refractivity contribution in [3.05, 3.63) is 205 Å². The standard InChI is InChI=1S/C46H41N3/c1-5-38(45-30-40-16-9-11-18-42(40)32-47-45)20-13-29-49(36(4)23-21-34(2)35(3)22-24-37-14-7-6-8-15-37)44-27-25-39(26-28-44)46-31-41-17-10-12-19-43(41)33-48-46/h5-14,16-33H,1,15H2,2-4H3/b29-13+,34-21+,35-22+,36-23+,37-24-,38-20+. The van der Waals surface area contributed by atoms with Crippen LogP contribution in [0.4, 0.5) is 5.69 Å². The third-order valence-corrected chi connectivity index (χ3v) is 8.76. The van der Waals surface area contributed by atoms with Crippen molar-refractivity contribution in [1.82, 2.24) is 9.97 Å². The van der Waals surface area contributed by atoms with Crippen LogP contribution in [0.1, 0.15) is 32.9 Å². The summed E-state index contributed by atoms with van der Waals surface area (Å²) in [6, 6.07) is 29.4. The Hall–Kier alpha value is -6.06. The lowest BCUT2D eigenvalue weighted by molar-refractivity contribution is 1.15. The molecule has 3 heteroatoms. The molecule has 0 N–H and O–H groups in total. The summed E-state index contributed by atoms with van der Waals surface area (Å²) in [5.41, 5.74) is 9.76. The van der Waals surface area contributed by atoms with Gasteiger partial charge in [0, 0.05) is 46.3 Å². The van der Waals surface area contributed by atoms with E-state index in [0.717, 1.165) is 56.5 Å². The summed E-state index contributed by atoms with van der Waals surface area (Å²) in [5, 5.41) is 4.59. The van der Waals surface area contributed by atoms with Gasteiger partial charge in [0.2, 0.25) is 0 Å². The van der Waals surface area contributed by atoms with E-state index in [4.69, 9.17) is 9.97 Å². The number of hydrogen-bond donors (Lipinski definition) is 0. The molecular formula is C46H41N3. The maximum absolute atomic E-state index is 4.74. The van der Waals surface area contributed by atoms with Crippen LogP contribution in [0.25, 0.3) is 38.4 Å². The van der Waals surface area contributed by atoms with Gasteiger partial charge >= 0.3 is 0 Å². The quantitative estimate of drug-likeness (QED) is 0.143. The van der Waals surface area contributed by atoms with E-state index in [1.807, 2.05) is 36.7 Å². The van der Waals surface area contributed by atoms with E-state index in [1.54, 1.807) is 0 Å². The lowest BCUT2D eigenvalue weighted by atomic mass is 10.0. The van der Waals surface area contributed by atoms with Gasteiger partial charge in [0.15, 0.2) is 0 Å². The molecular weight excluding hydrogens is 595 g/mol. The van der Waals surface area contributed by atoms with Gasteiger partial charge in [-0.05, 0) is 96.7 Å². The SMILES string of the molecule is C=C/C(=C\C=C\N(/C(C)=C/C=C(C)/C(C)=C/C=C1/C=CC=CC1)c1ccc(-c2cc3ccccc3cn2)cc1)c1cc2ccccc2cn1. The molecule has 0 aliphatic heterocycles. The highest BCUT2D eigenvalue weighted by Crippen LogP contribution is 2.27. The first-order valence-electron chi connectivity index (χ1n) is 16.7.